The number of aliphatic hydroxyl groups excluding tert-OH is 1. The van der Waals surface area contributed by atoms with Crippen molar-refractivity contribution in [2.45, 2.75) is 29.1 Å². The minimum Gasteiger partial charge on any atom is -0.382 e. The van der Waals surface area contributed by atoms with Crippen molar-refractivity contribution in [2.24, 2.45) is 0 Å². The van der Waals surface area contributed by atoms with Gasteiger partial charge >= 0.3 is 0 Å². The highest BCUT2D eigenvalue weighted by Crippen LogP contribution is 2.52. The fourth-order valence-corrected chi connectivity index (χ4v) is 4.94. The van der Waals surface area contributed by atoms with Gasteiger partial charge < -0.3 is 5.11 Å². The molecule has 0 radical (unpaired) electrons. The molecule has 1 unspecified atom stereocenters. The number of fused-ring (bicyclic) bond motifs is 1. The molecule has 1 aliphatic rings. The van der Waals surface area contributed by atoms with E-state index in [1.165, 1.54) is 35.2 Å². The van der Waals surface area contributed by atoms with Gasteiger partial charge in [-0.2, -0.15) is 4.39 Å². The number of nitrogens with zero attached hydrogens (tertiary/aromatic N) is 1. The number of thiophene rings is 1. The van der Waals surface area contributed by atoms with Gasteiger partial charge in [0, 0.05) is 22.9 Å². The van der Waals surface area contributed by atoms with Gasteiger partial charge in [0.1, 0.15) is 11.3 Å². The summed E-state index contributed by atoms with van der Waals surface area (Å²) >= 11 is 8.34. The van der Waals surface area contributed by atoms with Crippen LogP contribution in [0.4, 0.5) is 13.2 Å². The Morgan fingerprint density at radius 1 is 1.45 bits per heavy atom. The Morgan fingerprint density at radius 2 is 2.18 bits per heavy atom. The van der Waals surface area contributed by atoms with Crippen molar-refractivity contribution >= 4 is 34.7 Å². The summed E-state index contributed by atoms with van der Waals surface area (Å²) in [6, 6.07) is 2.72. The van der Waals surface area contributed by atoms with Crippen LogP contribution in [0.1, 0.15) is 23.7 Å². The molecule has 0 saturated carbocycles. The second-order valence-corrected chi connectivity index (χ2v) is 7.46. The molecule has 0 bridgehead atoms. The molecule has 1 aliphatic carbocycles. The van der Waals surface area contributed by atoms with E-state index in [0.29, 0.717) is 20.2 Å². The molecule has 0 fully saturated rings. The molecule has 0 spiro atoms. The molecule has 2 aromatic rings. The third-order valence-corrected chi connectivity index (χ3v) is 6.23. The van der Waals surface area contributed by atoms with Gasteiger partial charge in [-0.1, -0.05) is 11.6 Å². The van der Waals surface area contributed by atoms with E-state index in [2.05, 4.69) is 4.98 Å². The van der Waals surface area contributed by atoms with Gasteiger partial charge in [0.2, 0.25) is 5.95 Å². The minimum atomic E-state index is -3.14. The average molecular weight is 366 g/mol. The normalized spacial score (nSPS) is 20.0. The Hall–Kier alpha value is -0.760. The number of aromatic nitrogens is 1. The maximum atomic E-state index is 13.8. The second kappa shape index (κ2) is 5.70. The molecule has 0 aromatic carbocycles. The molecule has 0 amide bonds. The van der Waals surface area contributed by atoms with Crippen LogP contribution in [0.3, 0.4) is 0 Å². The van der Waals surface area contributed by atoms with E-state index in [-0.39, 0.29) is 17.1 Å². The largest absolute Gasteiger partial charge is 0.382 e. The Labute approximate surface area is 138 Å². The monoisotopic (exact) mass is 365 g/mol. The molecule has 2 heterocycles. The molecule has 118 valence electrons. The fourth-order valence-electron chi connectivity index (χ4n) is 2.60. The Bertz CT molecular complexity index is 715. The lowest BCUT2D eigenvalue weighted by Crippen LogP contribution is -2.31. The van der Waals surface area contributed by atoms with Crippen LogP contribution in [0, 0.1) is 5.95 Å². The van der Waals surface area contributed by atoms with Crippen molar-refractivity contribution in [1.82, 2.24) is 4.98 Å². The third kappa shape index (κ3) is 2.64. The van der Waals surface area contributed by atoms with Crippen molar-refractivity contribution < 1.29 is 18.3 Å². The SMILES string of the molecule is CSc1sc(-c2cc(F)nc(Cl)c2)c2c1C(O)C(F)(F)CC2. The summed E-state index contributed by atoms with van der Waals surface area (Å²) < 4.78 is 41.7. The zero-order valence-corrected chi connectivity index (χ0v) is 13.8. The van der Waals surface area contributed by atoms with Crippen molar-refractivity contribution in [3.05, 3.63) is 34.4 Å². The van der Waals surface area contributed by atoms with Crippen molar-refractivity contribution in [3.8, 4) is 10.4 Å². The van der Waals surface area contributed by atoms with Gasteiger partial charge in [0.15, 0.2) is 0 Å². The molecule has 3 rings (SSSR count). The summed E-state index contributed by atoms with van der Waals surface area (Å²) in [5, 5.41) is 10.0. The summed E-state index contributed by atoms with van der Waals surface area (Å²) in [6.07, 6.45) is -0.367. The summed E-state index contributed by atoms with van der Waals surface area (Å²) in [5.74, 6) is -3.87. The van der Waals surface area contributed by atoms with Crippen LogP contribution in [0.5, 0.6) is 0 Å². The molecule has 8 heteroatoms. The van der Waals surface area contributed by atoms with Gasteiger partial charge in [-0.25, -0.2) is 13.8 Å². The van der Waals surface area contributed by atoms with Gasteiger partial charge in [-0.3, -0.25) is 0 Å². The highest BCUT2D eigenvalue weighted by molar-refractivity contribution is 8.00. The topological polar surface area (TPSA) is 33.1 Å². The molecule has 0 aliphatic heterocycles. The maximum Gasteiger partial charge on any atom is 0.277 e. The average Bonchev–Trinajstić information content (AvgIpc) is 2.81. The summed E-state index contributed by atoms with van der Waals surface area (Å²) in [5.41, 5.74) is 1.41. The highest BCUT2D eigenvalue weighted by atomic mass is 35.5. The van der Waals surface area contributed by atoms with Crippen LogP contribution in [0.2, 0.25) is 5.15 Å². The van der Waals surface area contributed by atoms with Crippen LogP contribution in [-0.2, 0) is 6.42 Å². The number of alkyl halides is 2. The number of aliphatic hydroxyl groups is 1. The Balaban J connectivity index is 2.19. The van der Waals surface area contributed by atoms with E-state index >= 15 is 0 Å². The summed E-state index contributed by atoms with van der Waals surface area (Å²) in [7, 11) is 0. The number of hydrogen-bond acceptors (Lipinski definition) is 4. The van der Waals surface area contributed by atoms with Crippen molar-refractivity contribution in [1.29, 1.82) is 0 Å². The predicted octanol–water partition coefficient (Wildman–Crippen LogP) is 4.94. The number of hydrogen-bond donors (Lipinski definition) is 1. The highest BCUT2D eigenvalue weighted by Gasteiger charge is 2.46. The molecule has 1 N–H and O–H groups in total. The van der Waals surface area contributed by atoms with Crippen molar-refractivity contribution in [2.75, 3.05) is 6.26 Å². The second-order valence-electron chi connectivity index (χ2n) is 4.98. The molecular formula is C14H11ClF3NOS2. The zero-order chi connectivity index (χ0) is 16.1. The maximum absolute atomic E-state index is 13.8. The van der Waals surface area contributed by atoms with E-state index in [0.717, 1.165) is 0 Å². The van der Waals surface area contributed by atoms with Gasteiger partial charge in [0.25, 0.3) is 5.92 Å². The summed E-state index contributed by atoms with van der Waals surface area (Å²) in [4.78, 5) is 4.13. The molecule has 2 nitrogen and oxygen atoms in total. The van der Waals surface area contributed by atoms with E-state index in [9.17, 15) is 18.3 Å². The molecule has 22 heavy (non-hydrogen) atoms. The first-order valence-corrected chi connectivity index (χ1v) is 8.84. The first kappa shape index (κ1) is 16.1. The molecular weight excluding hydrogens is 355 g/mol. The van der Waals surface area contributed by atoms with Crippen LogP contribution in [0.25, 0.3) is 10.4 Å². The lowest BCUT2D eigenvalue weighted by Gasteiger charge is -2.29. The Morgan fingerprint density at radius 3 is 2.82 bits per heavy atom. The first-order valence-electron chi connectivity index (χ1n) is 6.42. The number of halogens is 4. The molecule has 1 atom stereocenters. The third-order valence-electron chi connectivity index (χ3n) is 3.61. The van der Waals surface area contributed by atoms with E-state index in [4.69, 9.17) is 11.6 Å². The summed E-state index contributed by atoms with van der Waals surface area (Å²) in [6.45, 7) is 0. The Kier molecular flexibility index (Phi) is 4.18. The quantitative estimate of drug-likeness (QED) is 0.604. The molecule has 0 saturated heterocycles. The van der Waals surface area contributed by atoms with Gasteiger partial charge in [0.05, 0.1) is 4.21 Å². The number of thioether (sulfide) groups is 1. The molecule has 2 aromatic heterocycles. The van der Waals surface area contributed by atoms with E-state index in [1.54, 1.807) is 6.26 Å². The van der Waals surface area contributed by atoms with Crippen LogP contribution in [0.15, 0.2) is 16.3 Å². The van der Waals surface area contributed by atoms with Crippen LogP contribution in [-0.4, -0.2) is 22.3 Å². The smallest absolute Gasteiger partial charge is 0.277 e. The van der Waals surface area contributed by atoms with E-state index in [1.807, 2.05) is 0 Å². The van der Waals surface area contributed by atoms with Crippen LogP contribution >= 0.6 is 34.7 Å². The lowest BCUT2D eigenvalue weighted by atomic mass is 9.87. The number of pyridine rings is 1. The minimum absolute atomic E-state index is 0.00420. The predicted molar refractivity (Wildman–Crippen MR) is 82.5 cm³/mol. The van der Waals surface area contributed by atoms with Gasteiger partial charge in [-0.05, 0) is 29.9 Å². The van der Waals surface area contributed by atoms with E-state index < -0.39 is 24.4 Å². The first-order chi connectivity index (χ1) is 10.3. The lowest BCUT2D eigenvalue weighted by molar-refractivity contribution is -0.122. The zero-order valence-electron chi connectivity index (χ0n) is 11.4. The van der Waals surface area contributed by atoms with Gasteiger partial charge in [-0.15, -0.1) is 23.1 Å². The number of rotatable bonds is 2. The van der Waals surface area contributed by atoms with Crippen LogP contribution < -0.4 is 0 Å². The standard InChI is InChI=1S/C14H11ClF3NOS2/c1-21-13-10-7(2-3-14(17,18)12(10)20)11(22-13)6-4-8(15)19-9(16)5-6/h4-5,12,20H,2-3H2,1H3. The fraction of sp³-hybridized carbons (Fsp3) is 0.357. The van der Waals surface area contributed by atoms with Crippen molar-refractivity contribution in [3.63, 3.8) is 0 Å².